The summed E-state index contributed by atoms with van der Waals surface area (Å²) in [4.78, 5) is 6.07. The van der Waals surface area contributed by atoms with Gasteiger partial charge in [-0.25, -0.2) is 0 Å². The van der Waals surface area contributed by atoms with Crippen LogP contribution in [0.5, 0.6) is 0 Å². The van der Waals surface area contributed by atoms with E-state index in [0.29, 0.717) is 0 Å². The van der Waals surface area contributed by atoms with Crippen LogP contribution in [0.2, 0.25) is 0 Å². The minimum Gasteiger partial charge on any atom is -0.384 e. The first-order valence-corrected chi connectivity index (χ1v) is 8.90. The number of nitrogens with one attached hydrogen (secondary N) is 1. The lowest BCUT2D eigenvalue weighted by Crippen LogP contribution is -2.47. The summed E-state index contributed by atoms with van der Waals surface area (Å²) >= 11 is 1.66. The molecule has 0 unspecified atom stereocenters. The summed E-state index contributed by atoms with van der Waals surface area (Å²) in [6, 6.07) is 6.23. The number of nitrogens with two attached hydrogens (primary N) is 1. The van der Waals surface area contributed by atoms with E-state index in [1.54, 1.807) is 11.8 Å². The van der Waals surface area contributed by atoms with E-state index in [4.69, 9.17) is 11.1 Å². The fourth-order valence-electron chi connectivity index (χ4n) is 3.06. The van der Waals surface area contributed by atoms with E-state index in [1.165, 1.54) is 19.4 Å². The van der Waals surface area contributed by atoms with Crippen LogP contribution >= 0.6 is 11.8 Å². The van der Waals surface area contributed by atoms with Crippen molar-refractivity contribution in [2.75, 3.05) is 43.9 Å². The molecule has 0 radical (unpaired) electrons. The van der Waals surface area contributed by atoms with Crippen molar-refractivity contribution in [3.8, 4) is 0 Å². The minimum absolute atomic E-state index is 0.176. The van der Waals surface area contributed by atoms with Gasteiger partial charge in [-0.2, -0.15) is 0 Å². The molecular formula is C16H24N4S. The zero-order chi connectivity index (χ0) is 14.8. The van der Waals surface area contributed by atoms with Crippen molar-refractivity contribution in [3.05, 3.63) is 23.8 Å². The molecule has 21 heavy (non-hydrogen) atoms. The molecule has 1 aliphatic heterocycles. The topological polar surface area (TPSA) is 56.4 Å². The highest BCUT2D eigenvalue weighted by Gasteiger charge is 2.27. The SMILES string of the molecule is CSc1cccc(N2CCN(CC3CC3)CC2)c1C(=N)N. The third kappa shape index (κ3) is 3.35. The van der Waals surface area contributed by atoms with Crippen LogP contribution in [0.4, 0.5) is 5.69 Å². The number of nitrogens with zero attached hydrogens (tertiary/aromatic N) is 2. The van der Waals surface area contributed by atoms with Gasteiger partial charge in [0.25, 0.3) is 0 Å². The average molecular weight is 304 g/mol. The number of hydrogen-bond acceptors (Lipinski definition) is 4. The van der Waals surface area contributed by atoms with Gasteiger partial charge in [-0.1, -0.05) is 6.07 Å². The third-order valence-electron chi connectivity index (χ3n) is 4.42. The zero-order valence-corrected chi connectivity index (χ0v) is 13.5. The summed E-state index contributed by atoms with van der Waals surface area (Å²) in [5.41, 5.74) is 7.86. The number of thioether (sulfide) groups is 1. The third-order valence-corrected chi connectivity index (χ3v) is 5.20. The summed E-state index contributed by atoms with van der Waals surface area (Å²) in [7, 11) is 0. The van der Waals surface area contributed by atoms with Gasteiger partial charge in [-0.3, -0.25) is 10.3 Å². The van der Waals surface area contributed by atoms with Gasteiger partial charge in [0.15, 0.2) is 0 Å². The average Bonchev–Trinajstić information content (AvgIpc) is 3.31. The van der Waals surface area contributed by atoms with Gasteiger partial charge in [0.1, 0.15) is 5.84 Å². The van der Waals surface area contributed by atoms with Gasteiger partial charge in [0, 0.05) is 43.3 Å². The second kappa shape index (κ2) is 6.28. The van der Waals surface area contributed by atoms with E-state index in [0.717, 1.165) is 48.2 Å². The van der Waals surface area contributed by atoms with Crippen molar-refractivity contribution in [2.45, 2.75) is 17.7 Å². The largest absolute Gasteiger partial charge is 0.384 e. The highest BCUT2D eigenvalue weighted by molar-refractivity contribution is 7.98. The molecule has 1 heterocycles. The van der Waals surface area contributed by atoms with Crippen molar-refractivity contribution in [3.63, 3.8) is 0 Å². The molecule has 1 aromatic rings. The molecule has 5 heteroatoms. The molecule has 3 rings (SSSR count). The van der Waals surface area contributed by atoms with Crippen LogP contribution in [0.15, 0.2) is 23.1 Å². The van der Waals surface area contributed by atoms with Crippen LogP contribution < -0.4 is 10.6 Å². The number of nitrogen functional groups attached to an aromatic ring is 1. The Morgan fingerprint density at radius 3 is 2.57 bits per heavy atom. The quantitative estimate of drug-likeness (QED) is 0.497. The van der Waals surface area contributed by atoms with E-state index >= 15 is 0 Å². The molecule has 0 spiro atoms. The van der Waals surface area contributed by atoms with Crippen molar-refractivity contribution in [2.24, 2.45) is 11.7 Å². The van der Waals surface area contributed by atoms with Crippen LogP contribution in [0.25, 0.3) is 0 Å². The summed E-state index contributed by atoms with van der Waals surface area (Å²) < 4.78 is 0. The highest BCUT2D eigenvalue weighted by atomic mass is 32.2. The maximum absolute atomic E-state index is 7.91. The second-order valence-corrected chi connectivity index (χ2v) is 6.85. The molecule has 114 valence electrons. The summed E-state index contributed by atoms with van der Waals surface area (Å²) in [5, 5.41) is 7.91. The normalized spacial score (nSPS) is 19.8. The molecule has 0 bridgehead atoms. The fourth-order valence-corrected chi connectivity index (χ4v) is 3.69. The molecule has 1 saturated carbocycles. The van der Waals surface area contributed by atoms with E-state index < -0.39 is 0 Å². The number of anilines is 1. The molecular weight excluding hydrogens is 280 g/mol. The van der Waals surface area contributed by atoms with E-state index in [-0.39, 0.29) is 5.84 Å². The summed E-state index contributed by atoms with van der Waals surface area (Å²) in [5.74, 6) is 1.14. The van der Waals surface area contributed by atoms with Crippen molar-refractivity contribution >= 4 is 23.3 Å². The van der Waals surface area contributed by atoms with Crippen LogP contribution in [-0.2, 0) is 0 Å². The molecule has 1 saturated heterocycles. The van der Waals surface area contributed by atoms with Crippen LogP contribution in [-0.4, -0.2) is 49.7 Å². The molecule has 2 aliphatic rings. The molecule has 2 fully saturated rings. The molecule has 0 atom stereocenters. The molecule has 0 aromatic heterocycles. The number of benzene rings is 1. The number of hydrogen-bond donors (Lipinski definition) is 2. The maximum Gasteiger partial charge on any atom is 0.126 e. The van der Waals surface area contributed by atoms with Crippen LogP contribution in [0, 0.1) is 11.3 Å². The summed E-state index contributed by atoms with van der Waals surface area (Å²) in [6.45, 7) is 5.59. The first-order valence-electron chi connectivity index (χ1n) is 7.67. The Labute approximate surface area is 131 Å². The predicted molar refractivity (Wildman–Crippen MR) is 90.6 cm³/mol. The minimum atomic E-state index is 0.176. The molecule has 0 amide bonds. The monoisotopic (exact) mass is 304 g/mol. The maximum atomic E-state index is 7.91. The lowest BCUT2D eigenvalue weighted by atomic mass is 10.1. The van der Waals surface area contributed by atoms with Gasteiger partial charge in [0.05, 0.1) is 5.56 Å². The van der Waals surface area contributed by atoms with E-state index in [2.05, 4.69) is 21.9 Å². The van der Waals surface area contributed by atoms with Crippen molar-refractivity contribution in [1.29, 1.82) is 5.41 Å². The first-order chi connectivity index (χ1) is 10.2. The van der Waals surface area contributed by atoms with Crippen LogP contribution in [0.3, 0.4) is 0 Å². The molecule has 1 aliphatic carbocycles. The second-order valence-electron chi connectivity index (χ2n) is 6.00. The fraction of sp³-hybridized carbons (Fsp3) is 0.562. The van der Waals surface area contributed by atoms with Gasteiger partial charge in [0.2, 0.25) is 0 Å². The lowest BCUT2D eigenvalue weighted by molar-refractivity contribution is 0.248. The Kier molecular flexibility index (Phi) is 4.40. The Morgan fingerprint density at radius 1 is 1.29 bits per heavy atom. The number of piperazine rings is 1. The van der Waals surface area contributed by atoms with Gasteiger partial charge in [-0.15, -0.1) is 11.8 Å². The van der Waals surface area contributed by atoms with Crippen molar-refractivity contribution in [1.82, 2.24) is 4.90 Å². The highest BCUT2D eigenvalue weighted by Crippen LogP contribution is 2.32. The number of amidine groups is 1. The Balaban J connectivity index is 1.73. The standard InChI is InChI=1S/C16H24N4S/c1-21-14-4-2-3-13(15(14)16(17)18)20-9-7-19(8-10-20)11-12-5-6-12/h2-4,12H,5-11H2,1H3,(H3,17,18). The lowest BCUT2D eigenvalue weighted by Gasteiger charge is -2.37. The van der Waals surface area contributed by atoms with Gasteiger partial charge < -0.3 is 10.6 Å². The Bertz CT molecular complexity index is 519. The Morgan fingerprint density at radius 2 is 2.00 bits per heavy atom. The predicted octanol–water partition coefficient (Wildman–Crippen LogP) is 2.22. The number of rotatable bonds is 5. The summed E-state index contributed by atoms with van der Waals surface area (Å²) in [6.07, 6.45) is 4.88. The van der Waals surface area contributed by atoms with Crippen molar-refractivity contribution < 1.29 is 0 Å². The first kappa shape index (κ1) is 14.7. The van der Waals surface area contributed by atoms with Gasteiger partial charge in [-0.05, 0) is 37.1 Å². The van der Waals surface area contributed by atoms with Gasteiger partial charge >= 0.3 is 0 Å². The Hall–Kier alpha value is -1.20. The smallest absolute Gasteiger partial charge is 0.126 e. The van der Waals surface area contributed by atoms with E-state index in [9.17, 15) is 0 Å². The van der Waals surface area contributed by atoms with E-state index in [1.807, 2.05) is 12.3 Å². The molecule has 1 aromatic carbocycles. The molecule has 3 N–H and O–H groups in total. The zero-order valence-electron chi connectivity index (χ0n) is 12.6. The molecule has 4 nitrogen and oxygen atoms in total. The van der Waals surface area contributed by atoms with Crippen LogP contribution in [0.1, 0.15) is 18.4 Å².